The summed E-state index contributed by atoms with van der Waals surface area (Å²) >= 11 is 5.89. The molecule has 94 valence electrons. The molecule has 0 aliphatic rings. The molecule has 0 radical (unpaired) electrons. The zero-order valence-corrected chi connectivity index (χ0v) is 11.4. The molecule has 1 unspecified atom stereocenters. The lowest BCUT2D eigenvalue weighted by Crippen LogP contribution is -2.00. The van der Waals surface area contributed by atoms with Gasteiger partial charge in [0.1, 0.15) is 0 Å². The molecule has 0 aliphatic heterocycles. The highest BCUT2D eigenvalue weighted by molar-refractivity contribution is 7.84. The van der Waals surface area contributed by atoms with Crippen LogP contribution in [0.4, 0.5) is 0 Å². The summed E-state index contributed by atoms with van der Waals surface area (Å²) in [6.45, 7) is 0.498. The molecular weight excluding hydrogens is 266 g/mol. The Balaban J connectivity index is 2.16. The Kier molecular flexibility index (Phi) is 4.53. The van der Waals surface area contributed by atoms with Crippen molar-refractivity contribution in [2.75, 3.05) is 0 Å². The fraction of sp³-hybridized carbons (Fsp3) is 0.143. The van der Waals surface area contributed by atoms with Crippen LogP contribution >= 0.6 is 11.6 Å². The molecule has 1 atom stereocenters. The second kappa shape index (κ2) is 6.14. The van der Waals surface area contributed by atoms with Crippen molar-refractivity contribution in [3.05, 3.63) is 64.7 Å². The first kappa shape index (κ1) is 13.3. The van der Waals surface area contributed by atoms with E-state index in [2.05, 4.69) is 0 Å². The number of hydrogen-bond donors (Lipinski definition) is 1. The Morgan fingerprint density at radius 3 is 2.50 bits per heavy atom. The van der Waals surface area contributed by atoms with Gasteiger partial charge in [-0.3, -0.25) is 4.21 Å². The maximum Gasteiger partial charge on any atom is 0.0574 e. The number of benzene rings is 2. The van der Waals surface area contributed by atoms with Gasteiger partial charge in [-0.05, 0) is 29.3 Å². The second-order valence-electron chi connectivity index (χ2n) is 3.97. The van der Waals surface area contributed by atoms with Crippen LogP contribution in [0.3, 0.4) is 0 Å². The van der Waals surface area contributed by atoms with E-state index in [-0.39, 0.29) is 0 Å². The molecule has 0 aromatic heterocycles. The third-order valence-corrected chi connectivity index (χ3v) is 4.19. The topological polar surface area (TPSA) is 43.1 Å². The minimum Gasteiger partial charge on any atom is -0.326 e. The highest BCUT2D eigenvalue weighted by Crippen LogP contribution is 2.17. The van der Waals surface area contributed by atoms with E-state index in [1.54, 1.807) is 12.1 Å². The van der Waals surface area contributed by atoms with Gasteiger partial charge in [0, 0.05) is 16.5 Å². The zero-order valence-electron chi connectivity index (χ0n) is 9.80. The van der Waals surface area contributed by atoms with Crippen molar-refractivity contribution < 1.29 is 4.21 Å². The Hall–Kier alpha value is -1.16. The van der Waals surface area contributed by atoms with Crippen LogP contribution in [-0.2, 0) is 23.1 Å². The molecular formula is C14H14ClNOS. The number of hydrogen-bond acceptors (Lipinski definition) is 2. The van der Waals surface area contributed by atoms with Gasteiger partial charge in [-0.2, -0.15) is 0 Å². The van der Waals surface area contributed by atoms with Gasteiger partial charge in [0.2, 0.25) is 0 Å². The Morgan fingerprint density at radius 2 is 1.78 bits per heavy atom. The Bertz CT molecular complexity index is 571. The quantitative estimate of drug-likeness (QED) is 0.934. The largest absolute Gasteiger partial charge is 0.326 e. The molecule has 0 bridgehead atoms. The van der Waals surface area contributed by atoms with Gasteiger partial charge >= 0.3 is 0 Å². The Labute approximate surface area is 114 Å². The molecule has 2 aromatic carbocycles. The summed E-state index contributed by atoms with van der Waals surface area (Å²) in [5.74, 6) is 0.480. The third-order valence-electron chi connectivity index (χ3n) is 2.58. The predicted molar refractivity (Wildman–Crippen MR) is 75.9 cm³/mol. The molecule has 0 aliphatic carbocycles. The van der Waals surface area contributed by atoms with Crippen molar-refractivity contribution in [3.8, 4) is 0 Å². The van der Waals surface area contributed by atoms with E-state index in [9.17, 15) is 4.21 Å². The van der Waals surface area contributed by atoms with E-state index in [4.69, 9.17) is 17.3 Å². The summed E-state index contributed by atoms with van der Waals surface area (Å²) in [7, 11) is -1.08. The summed E-state index contributed by atoms with van der Waals surface area (Å²) in [4.78, 5) is 0.751. The summed E-state index contributed by atoms with van der Waals surface area (Å²) < 4.78 is 12.2. The van der Waals surface area contributed by atoms with E-state index < -0.39 is 10.8 Å². The maximum atomic E-state index is 12.2. The first-order chi connectivity index (χ1) is 8.69. The first-order valence-corrected chi connectivity index (χ1v) is 7.30. The van der Waals surface area contributed by atoms with Crippen LogP contribution in [0.25, 0.3) is 0 Å². The van der Waals surface area contributed by atoms with Crippen molar-refractivity contribution in [1.29, 1.82) is 0 Å². The highest BCUT2D eigenvalue weighted by atomic mass is 35.5. The molecule has 0 saturated heterocycles. The lowest BCUT2D eigenvalue weighted by Gasteiger charge is -2.05. The standard InChI is InChI=1S/C14H14ClNOS/c15-13-5-2-6-14(8-13)18(17)10-12-4-1-3-11(7-12)9-16/h1-8H,9-10,16H2. The molecule has 0 spiro atoms. The van der Waals surface area contributed by atoms with Crippen LogP contribution < -0.4 is 5.73 Å². The van der Waals surface area contributed by atoms with Crippen LogP contribution in [-0.4, -0.2) is 4.21 Å². The Morgan fingerprint density at radius 1 is 1.06 bits per heavy atom. The third kappa shape index (κ3) is 3.42. The molecule has 4 heteroatoms. The summed E-state index contributed by atoms with van der Waals surface area (Å²) in [5.41, 5.74) is 7.66. The molecule has 2 aromatic rings. The van der Waals surface area contributed by atoms with E-state index in [1.807, 2.05) is 36.4 Å². The van der Waals surface area contributed by atoms with Crippen LogP contribution in [0.2, 0.25) is 5.02 Å². The van der Waals surface area contributed by atoms with E-state index >= 15 is 0 Å². The molecule has 2 nitrogen and oxygen atoms in total. The molecule has 0 heterocycles. The fourth-order valence-electron chi connectivity index (χ4n) is 1.69. The SMILES string of the molecule is NCc1cccc(CS(=O)c2cccc(Cl)c2)c1. The maximum absolute atomic E-state index is 12.2. The molecule has 18 heavy (non-hydrogen) atoms. The van der Waals surface area contributed by atoms with Crippen LogP contribution in [0.1, 0.15) is 11.1 Å². The van der Waals surface area contributed by atoms with Gasteiger partial charge in [0.05, 0.1) is 16.6 Å². The average molecular weight is 280 g/mol. The van der Waals surface area contributed by atoms with E-state index in [0.717, 1.165) is 16.0 Å². The average Bonchev–Trinajstić information content (AvgIpc) is 2.39. The minimum absolute atomic E-state index is 0.480. The molecule has 0 amide bonds. The zero-order chi connectivity index (χ0) is 13.0. The summed E-state index contributed by atoms with van der Waals surface area (Å²) in [5, 5.41) is 0.608. The van der Waals surface area contributed by atoms with Gasteiger partial charge in [-0.1, -0.05) is 41.9 Å². The van der Waals surface area contributed by atoms with Crippen LogP contribution in [0.5, 0.6) is 0 Å². The number of rotatable bonds is 4. The lowest BCUT2D eigenvalue weighted by atomic mass is 10.1. The fourth-order valence-corrected chi connectivity index (χ4v) is 3.08. The van der Waals surface area contributed by atoms with E-state index in [0.29, 0.717) is 17.3 Å². The molecule has 2 rings (SSSR count). The van der Waals surface area contributed by atoms with Crippen molar-refractivity contribution in [3.63, 3.8) is 0 Å². The normalized spacial score (nSPS) is 12.3. The molecule has 0 fully saturated rings. The van der Waals surface area contributed by atoms with Gasteiger partial charge in [0.25, 0.3) is 0 Å². The van der Waals surface area contributed by atoms with Crippen molar-refractivity contribution >= 4 is 22.4 Å². The van der Waals surface area contributed by atoms with Crippen molar-refractivity contribution in [2.24, 2.45) is 5.73 Å². The molecule has 2 N–H and O–H groups in total. The number of nitrogens with two attached hydrogens (primary N) is 1. The van der Waals surface area contributed by atoms with Gasteiger partial charge in [0.15, 0.2) is 0 Å². The summed E-state index contributed by atoms with van der Waals surface area (Å²) in [6, 6.07) is 15.0. The van der Waals surface area contributed by atoms with Gasteiger partial charge in [-0.15, -0.1) is 0 Å². The minimum atomic E-state index is -1.08. The lowest BCUT2D eigenvalue weighted by molar-refractivity contribution is 0.682. The first-order valence-electron chi connectivity index (χ1n) is 5.61. The number of halogens is 1. The monoisotopic (exact) mass is 279 g/mol. The second-order valence-corrected chi connectivity index (χ2v) is 5.86. The van der Waals surface area contributed by atoms with Crippen molar-refractivity contribution in [1.82, 2.24) is 0 Å². The van der Waals surface area contributed by atoms with Crippen LogP contribution in [0.15, 0.2) is 53.4 Å². The van der Waals surface area contributed by atoms with Gasteiger partial charge < -0.3 is 5.73 Å². The van der Waals surface area contributed by atoms with E-state index in [1.165, 1.54) is 0 Å². The predicted octanol–water partition coefficient (Wildman–Crippen LogP) is 3.11. The van der Waals surface area contributed by atoms with Crippen molar-refractivity contribution in [2.45, 2.75) is 17.2 Å². The molecule has 0 saturated carbocycles. The smallest absolute Gasteiger partial charge is 0.0574 e. The van der Waals surface area contributed by atoms with Gasteiger partial charge in [-0.25, -0.2) is 0 Å². The summed E-state index contributed by atoms with van der Waals surface area (Å²) in [6.07, 6.45) is 0. The van der Waals surface area contributed by atoms with Crippen LogP contribution in [0, 0.1) is 0 Å². The highest BCUT2D eigenvalue weighted by Gasteiger charge is 2.06.